The molecule has 0 aliphatic carbocycles. The number of aromatic nitrogens is 2. The summed E-state index contributed by atoms with van der Waals surface area (Å²) in [5, 5.41) is 0.186. The molecule has 0 amide bonds. The van der Waals surface area contributed by atoms with Crippen molar-refractivity contribution in [1.82, 2.24) is 9.55 Å². The third kappa shape index (κ3) is 4.60. The van der Waals surface area contributed by atoms with Gasteiger partial charge in [-0.2, -0.15) is 0 Å². The minimum atomic E-state index is -3.94. The van der Waals surface area contributed by atoms with Crippen LogP contribution in [0.3, 0.4) is 0 Å². The van der Waals surface area contributed by atoms with Crippen molar-refractivity contribution in [2.24, 2.45) is 0 Å². The molecular weight excluding hydrogens is 403 g/mol. The molecule has 9 heteroatoms. The molecule has 21 heavy (non-hydrogen) atoms. The van der Waals surface area contributed by atoms with Crippen LogP contribution in [-0.4, -0.2) is 24.6 Å². The van der Waals surface area contributed by atoms with Crippen molar-refractivity contribution in [3.63, 3.8) is 0 Å². The van der Waals surface area contributed by atoms with Gasteiger partial charge in [0.05, 0.1) is 18.0 Å². The van der Waals surface area contributed by atoms with Crippen LogP contribution in [0.25, 0.3) is 0 Å². The van der Waals surface area contributed by atoms with Crippen LogP contribution in [0.4, 0.5) is 0 Å². The zero-order valence-electron chi connectivity index (χ0n) is 10.7. The molecular formula is C12H11BrCl2N2O3S. The molecule has 1 heterocycles. The first kappa shape index (κ1) is 16.6. The van der Waals surface area contributed by atoms with Crippen LogP contribution in [0.2, 0.25) is 5.02 Å². The normalized spacial score (nSPS) is 11.6. The zero-order chi connectivity index (χ0) is 15.5. The predicted octanol–water partition coefficient (Wildman–Crippen LogP) is 3.70. The first-order chi connectivity index (χ1) is 9.88. The molecule has 0 bridgehead atoms. The molecule has 0 spiro atoms. The molecule has 1 aromatic carbocycles. The third-order valence-corrected chi connectivity index (χ3v) is 4.67. The Morgan fingerprint density at radius 2 is 2.14 bits per heavy atom. The number of hydrogen-bond acceptors (Lipinski definition) is 4. The second-order valence-corrected chi connectivity index (χ2v) is 8.01. The third-order valence-electron chi connectivity index (χ3n) is 2.60. The van der Waals surface area contributed by atoms with Gasteiger partial charge in [-0.05, 0) is 18.6 Å². The number of ether oxygens (including phenoxy) is 1. The highest BCUT2D eigenvalue weighted by atomic mass is 79.9. The topological polar surface area (TPSA) is 61.2 Å². The summed E-state index contributed by atoms with van der Waals surface area (Å²) in [5.74, 6) is 0.0699. The molecule has 2 aromatic rings. The van der Waals surface area contributed by atoms with Gasteiger partial charge in [-0.25, -0.2) is 13.4 Å². The van der Waals surface area contributed by atoms with Gasteiger partial charge in [0.25, 0.3) is 9.05 Å². The highest BCUT2D eigenvalue weighted by Crippen LogP contribution is 2.37. The summed E-state index contributed by atoms with van der Waals surface area (Å²) < 4.78 is 31.0. The van der Waals surface area contributed by atoms with Crippen molar-refractivity contribution in [3.05, 3.63) is 40.3 Å². The lowest BCUT2D eigenvalue weighted by Gasteiger charge is -2.12. The van der Waals surface area contributed by atoms with E-state index < -0.39 is 9.05 Å². The van der Waals surface area contributed by atoms with Crippen LogP contribution in [-0.2, 0) is 15.6 Å². The molecule has 114 valence electrons. The summed E-state index contributed by atoms with van der Waals surface area (Å²) >= 11 is 9.20. The molecule has 0 aliphatic heterocycles. The van der Waals surface area contributed by atoms with Gasteiger partial charge in [-0.3, -0.25) is 0 Å². The van der Waals surface area contributed by atoms with E-state index in [2.05, 4.69) is 20.9 Å². The molecule has 0 aliphatic rings. The van der Waals surface area contributed by atoms with Crippen LogP contribution >= 0.6 is 38.2 Å². The largest absolute Gasteiger partial charge is 0.491 e. The Morgan fingerprint density at radius 3 is 2.76 bits per heavy atom. The Hall–Kier alpha value is -0.760. The van der Waals surface area contributed by atoms with E-state index >= 15 is 0 Å². The number of rotatable bonds is 6. The number of nitrogens with zero attached hydrogens (tertiary/aromatic N) is 2. The highest BCUT2D eigenvalue weighted by Gasteiger charge is 2.20. The van der Waals surface area contributed by atoms with E-state index in [1.54, 1.807) is 18.6 Å². The standard InChI is InChI=1S/C12H11BrCl2N2O3S/c13-9-6-10(14)12(11(7-9)21(15,18)19)20-5-1-3-17-4-2-16-8-17/h2,4,6-8H,1,3,5H2. The van der Waals surface area contributed by atoms with Crippen molar-refractivity contribution >= 4 is 47.3 Å². The Labute approximate surface area is 140 Å². The van der Waals surface area contributed by atoms with E-state index in [1.165, 1.54) is 6.07 Å². The average molecular weight is 414 g/mol. The van der Waals surface area contributed by atoms with E-state index in [4.69, 9.17) is 27.0 Å². The highest BCUT2D eigenvalue weighted by molar-refractivity contribution is 9.10. The first-order valence-electron chi connectivity index (χ1n) is 5.90. The Balaban J connectivity index is 2.08. The van der Waals surface area contributed by atoms with Gasteiger partial charge in [0.15, 0.2) is 5.75 Å². The first-order valence-corrected chi connectivity index (χ1v) is 9.38. The van der Waals surface area contributed by atoms with Crippen LogP contribution in [0.15, 0.2) is 40.2 Å². The van der Waals surface area contributed by atoms with E-state index in [-0.39, 0.29) is 15.7 Å². The Kier molecular flexibility index (Phi) is 5.54. The second kappa shape index (κ2) is 7.00. The van der Waals surface area contributed by atoms with Crippen LogP contribution in [0.5, 0.6) is 5.75 Å². The molecule has 1 aromatic heterocycles. The predicted molar refractivity (Wildman–Crippen MR) is 84.5 cm³/mol. The van der Waals surface area contributed by atoms with Gasteiger partial charge in [0.1, 0.15) is 4.90 Å². The molecule has 0 saturated carbocycles. The maximum atomic E-state index is 11.6. The SMILES string of the molecule is O=S(=O)(Cl)c1cc(Br)cc(Cl)c1OCCCn1ccnc1. The number of aryl methyl sites for hydroxylation is 1. The second-order valence-electron chi connectivity index (χ2n) is 4.16. The van der Waals surface area contributed by atoms with Gasteiger partial charge >= 0.3 is 0 Å². The lowest BCUT2D eigenvalue weighted by molar-refractivity contribution is 0.294. The van der Waals surface area contributed by atoms with Crippen molar-refractivity contribution in [2.45, 2.75) is 17.9 Å². The summed E-state index contributed by atoms with van der Waals surface area (Å²) in [6, 6.07) is 2.91. The fourth-order valence-electron chi connectivity index (χ4n) is 1.70. The van der Waals surface area contributed by atoms with Crippen molar-refractivity contribution < 1.29 is 13.2 Å². The molecule has 5 nitrogen and oxygen atoms in total. The van der Waals surface area contributed by atoms with Crippen LogP contribution in [0, 0.1) is 0 Å². The van der Waals surface area contributed by atoms with Crippen molar-refractivity contribution in [2.75, 3.05) is 6.61 Å². The average Bonchev–Trinajstić information content (AvgIpc) is 2.87. The fraction of sp³-hybridized carbons (Fsp3) is 0.250. The van der Waals surface area contributed by atoms with E-state index in [9.17, 15) is 8.42 Å². The van der Waals surface area contributed by atoms with Crippen LogP contribution < -0.4 is 4.74 Å². The summed E-state index contributed by atoms with van der Waals surface area (Å²) in [5.41, 5.74) is 0. The molecule has 0 N–H and O–H groups in total. The van der Waals surface area contributed by atoms with E-state index in [0.717, 1.165) is 0 Å². The number of hydrogen-bond donors (Lipinski definition) is 0. The molecule has 2 rings (SSSR count). The fourth-order valence-corrected chi connectivity index (χ4v) is 3.77. The monoisotopic (exact) mass is 412 g/mol. The quantitative estimate of drug-likeness (QED) is 0.535. The van der Waals surface area contributed by atoms with Crippen molar-refractivity contribution in [3.8, 4) is 5.75 Å². The van der Waals surface area contributed by atoms with Gasteiger partial charge in [-0.15, -0.1) is 0 Å². The van der Waals surface area contributed by atoms with E-state index in [1.807, 2.05) is 10.8 Å². The summed E-state index contributed by atoms with van der Waals surface area (Å²) in [6.45, 7) is 1.01. The lowest BCUT2D eigenvalue weighted by atomic mass is 10.3. The summed E-state index contributed by atoms with van der Waals surface area (Å²) in [7, 11) is 1.46. The Bertz CT molecular complexity index is 720. The zero-order valence-corrected chi connectivity index (χ0v) is 14.6. The van der Waals surface area contributed by atoms with Gasteiger partial charge < -0.3 is 9.30 Å². The smallest absolute Gasteiger partial charge is 0.265 e. The van der Waals surface area contributed by atoms with Gasteiger partial charge in [0.2, 0.25) is 0 Å². The Morgan fingerprint density at radius 1 is 1.38 bits per heavy atom. The molecule has 0 fully saturated rings. The molecule has 0 atom stereocenters. The lowest BCUT2D eigenvalue weighted by Crippen LogP contribution is -2.06. The van der Waals surface area contributed by atoms with Gasteiger partial charge in [0, 0.05) is 34.1 Å². The maximum absolute atomic E-state index is 11.6. The molecule has 0 unspecified atom stereocenters. The number of halogens is 3. The maximum Gasteiger partial charge on any atom is 0.265 e. The summed E-state index contributed by atoms with van der Waals surface area (Å²) in [4.78, 5) is 3.78. The van der Waals surface area contributed by atoms with Gasteiger partial charge in [-0.1, -0.05) is 27.5 Å². The minimum absolute atomic E-state index is 0.0699. The van der Waals surface area contributed by atoms with Crippen molar-refractivity contribution in [1.29, 1.82) is 0 Å². The molecule has 0 saturated heterocycles. The summed E-state index contributed by atoms with van der Waals surface area (Å²) in [6.07, 6.45) is 5.89. The minimum Gasteiger partial charge on any atom is -0.491 e. The number of benzene rings is 1. The molecule has 0 radical (unpaired) electrons. The van der Waals surface area contributed by atoms with E-state index in [0.29, 0.717) is 24.0 Å². The number of imidazole rings is 1. The van der Waals surface area contributed by atoms with Crippen LogP contribution in [0.1, 0.15) is 6.42 Å².